The molecule has 6 aromatic carbocycles. The molecule has 0 radical (unpaired) electrons. The molecular weight excluding hydrogens is 488 g/mol. The predicted octanol–water partition coefficient (Wildman–Crippen LogP) is 9.99. The van der Waals surface area contributed by atoms with Gasteiger partial charge in [-0.05, 0) is 59.3 Å². The molecule has 40 heavy (non-hydrogen) atoms. The smallest absolute Gasteiger partial charge is 0.160 e. The Bertz CT molecular complexity index is 2230. The lowest BCUT2D eigenvalue weighted by atomic mass is 9.97. The van der Waals surface area contributed by atoms with E-state index in [2.05, 4.69) is 116 Å². The van der Waals surface area contributed by atoms with Crippen LogP contribution in [0.25, 0.3) is 77.4 Å². The third-order valence-electron chi connectivity index (χ3n) is 7.83. The fourth-order valence-corrected chi connectivity index (χ4v) is 5.74. The van der Waals surface area contributed by atoms with E-state index in [1.807, 2.05) is 18.2 Å². The summed E-state index contributed by atoms with van der Waals surface area (Å²) in [5.41, 5.74) is 9.15. The average molecular weight is 513 g/mol. The molecule has 8 rings (SSSR count). The third kappa shape index (κ3) is 3.59. The van der Waals surface area contributed by atoms with Gasteiger partial charge in [-0.1, -0.05) is 97.1 Å². The summed E-state index contributed by atoms with van der Waals surface area (Å²) in [6, 6.07) is 44.3. The van der Waals surface area contributed by atoms with Gasteiger partial charge in [0.05, 0.1) is 11.2 Å². The molecule has 0 N–H and O–H groups in total. The van der Waals surface area contributed by atoms with E-state index in [9.17, 15) is 0 Å². The molecule has 0 atom stereocenters. The Morgan fingerprint density at radius 3 is 2.15 bits per heavy atom. The van der Waals surface area contributed by atoms with Crippen molar-refractivity contribution in [3.8, 4) is 33.8 Å². The normalized spacial score (nSPS) is 11.6. The van der Waals surface area contributed by atoms with Gasteiger partial charge in [-0.25, -0.2) is 9.97 Å². The van der Waals surface area contributed by atoms with Crippen LogP contribution in [0.4, 0.5) is 0 Å². The van der Waals surface area contributed by atoms with E-state index in [1.54, 1.807) is 0 Å². The van der Waals surface area contributed by atoms with Crippen LogP contribution in [0, 0.1) is 6.92 Å². The highest BCUT2D eigenvalue weighted by molar-refractivity contribution is 6.15. The van der Waals surface area contributed by atoms with Gasteiger partial charge in [0, 0.05) is 32.7 Å². The van der Waals surface area contributed by atoms with Crippen molar-refractivity contribution in [1.29, 1.82) is 0 Å². The summed E-state index contributed by atoms with van der Waals surface area (Å²) in [4.78, 5) is 10.1. The third-order valence-corrected chi connectivity index (χ3v) is 7.83. The second-order valence-corrected chi connectivity index (χ2v) is 10.3. The lowest BCUT2D eigenvalue weighted by Gasteiger charge is -2.12. The Kier molecular flexibility index (Phi) is 5.04. The number of fused-ring (bicyclic) bond motifs is 6. The standard InChI is InChI=1S/C37H24N2O/c1-23-15-16-26(27-18-19-29-30-20-17-24-9-5-6-12-28(24)36(30)40-34(29)22-27)21-32(23)37-38-33-14-8-7-13-31(33)35(39-37)25-10-3-2-4-11-25/h2-22H,1H3. The molecule has 3 nitrogen and oxygen atoms in total. The van der Waals surface area contributed by atoms with Crippen molar-refractivity contribution in [2.45, 2.75) is 6.92 Å². The Balaban J connectivity index is 1.29. The zero-order chi connectivity index (χ0) is 26.6. The van der Waals surface area contributed by atoms with Crippen LogP contribution in [0.3, 0.4) is 0 Å². The van der Waals surface area contributed by atoms with Crippen molar-refractivity contribution in [2.75, 3.05) is 0 Å². The maximum Gasteiger partial charge on any atom is 0.160 e. The molecule has 3 heteroatoms. The van der Waals surface area contributed by atoms with Gasteiger partial charge in [-0.15, -0.1) is 0 Å². The molecule has 188 valence electrons. The Morgan fingerprint density at radius 1 is 0.525 bits per heavy atom. The topological polar surface area (TPSA) is 38.9 Å². The lowest BCUT2D eigenvalue weighted by molar-refractivity contribution is 0.673. The second-order valence-electron chi connectivity index (χ2n) is 10.3. The quantitative estimate of drug-likeness (QED) is 0.236. The molecule has 0 aliphatic heterocycles. The highest BCUT2D eigenvalue weighted by Gasteiger charge is 2.15. The summed E-state index contributed by atoms with van der Waals surface area (Å²) in [6.45, 7) is 2.12. The van der Waals surface area contributed by atoms with Gasteiger partial charge in [0.15, 0.2) is 5.82 Å². The van der Waals surface area contributed by atoms with E-state index in [0.717, 1.165) is 77.6 Å². The van der Waals surface area contributed by atoms with Crippen LogP contribution in [0.5, 0.6) is 0 Å². The lowest BCUT2D eigenvalue weighted by Crippen LogP contribution is -1.97. The number of nitrogens with zero attached hydrogens (tertiary/aromatic N) is 2. The second kappa shape index (κ2) is 8.89. The number of benzene rings is 6. The van der Waals surface area contributed by atoms with Crippen molar-refractivity contribution >= 4 is 43.6 Å². The molecule has 0 saturated heterocycles. The van der Waals surface area contributed by atoms with Gasteiger partial charge in [-0.3, -0.25) is 0 Å². The van der Waals surface area contributed by atoms with Crippen LogP contribution in [-0.2, 0) is 0 Å². The van der Waals surface area contributed by atoms with Gasteiger partial charge in [-0.2, -0.15) is 0 Å². The van der Waals surface area contributed by atoms with Gasteiger partial charge < -0.3 is 4.42 Å². The molecule has 0 unspecified atom stereocenters. The van der Waals surface area contributed by atoms with Crippen LogP contribution in [-0.4, -0.2) is 9.97 Å². The fourth-order valence-electron chi connectivity index (χ4n) is 5.74. The van der Waals surface area contributed by atoms with Crippen LogP contribution in [0.2, 0.25) is 0 Å². The van der Waals surface area contributed by atoms with Crippen LogP contribution in [0.15, 0.2) is 132 Å². The SMILES string of the molecule is Cc1ccc(-c2ccc3c(c2)oc2c4ccccc4ccc32)cc1-c1nc(-c2ccccc2)c2ccccc2n1. The summed E-state index contributed by atoms with van der Waals surface area (Å²) in [7, 11) is 0. The summed E-state index contributed by atoms with van der Waals surface area (Å²) < 4.78 is 6.45. The highest BCUT2D eigenvalue weighted by atomic mass is 16.3. The maximum atomic E-state index is 6.45. The first-order valence-electron chi connectivity index (χ1n) is 13.5. The summed E-state index contributed by atoms with van der Waals surface area (Å²) in [6.07, 6.45) is 0. The highest BCUT2D eigenvalue weighted by Crippen LogP contribution is 2.37. The number of hydrogen-bond acceptors (Lipinski definition) is 3. The van der Waals surface area contributed by atoms with Gasteiger partial charge >= 0.3 is 0 Å². The molecule has 0 aliphatic carbocycles. The molecule has 0 bridgehead atoms. The molecule has 0 spiro atoms. The van der Waals surface area contributed by atoms with Crippen molar-refractivity contribution in [3.63, 3.8) is 0 Å². The van der Waals surface area contributed by atoms with E-state index < -0.39 is 0 Å². The van der Waals surface area contributed by atoms with E-state index >= 15 is 0 Å². The number of aromatic nitrogens is 2. The molecule has 0 aliphatic rings. The molecule has 0 amide bonds. The summed E-state index contributed by atoms with van der Waals surface area (Å²) in [5.74, 6) is 0.730. The largest absolute Gasteiger partial charge is 0.455 e. The molecule has 2 heterocycles. The minimum atomic E-state index is 0.730. The molecule has 2 aromatic heterocycles. The number of para-hydroxylation sites is 1. The monoisotopic (exact) mass is 512 g/mol. The zero-order valence-electron chi connectivity index (χ0n) is 21.9. The van der Waals surface area contributed by atoms with E-state index in [4.69, 9.17) is 14.4 Å². The Labute approximate surface area is 231 Å². The summed E-state index contributed by atoms with van der Waals surface area (Å²) in [5, 5.41) is 5.64. The van der Waals surface area contributed by atoms with Crippen LogP contribution < -0.4 is 0 Å². The minimum Gasteiger partial charge on any atom is -0.455 e. The Hall–Kier alpha value is -5.28. The molecule has 0 saturated carbocycles. The first-order chi connectivity index (χ1) is 19.7. The number of hydrogen-bond donors (Lipinski definition) is 0. The minimum absolute atomic E-state index is 0.730. The van der Waals surface area contributed by atoms with E-state index in [-0.39, 0.29) is 0 Å². The molecular formula is C37H24N2O. The van der Waals surface area contributed by atoms with E-state index in [0.29, 0.717) is 0 Å². The molecule has 8 aromatic rings. The average Bonchev–Trinajstić information content (AvgIpc) is 3.40. The number of rotatable bonds is 3. The van der Waals surface area contributed by atoms with Crippen molar-refractivity contribution in [3.05, 3.63) is 133 Å². The van der Waals surface area contributed by atoms with Crippen molar-refractivity contribution in [2.24, 2.45) is 0 Å². The molecule has 0 fully saturated rings. The Morgan fingerprint density at radius 2 is 1.25 bits per heavy atom. The van der Waals surface area contributed by atoms with Gasteiger partial charge in [0.25, 0.3) is 0 Å². The predicted molar refractivity (Wildman–Crippen MR) is 165 cm³/mol. The number of aryl methyl sites for hydroxylation is 1. The maximum absolute atomic E-state index is 6.45. The van der Waals surface area contributed by atoms with Crippen molar-refractivity contribution in [1.82, 2.24) is 9.97 Å². The van der Waals surface area contributed by atoms with Gasteiger partial charge in [0.2, 0.25) is 0 Å². The number of furan rings is 1. The van der Waals surface area contributed by atoms with Crippen molar-refractivity contribution < 1.29 is 4.42 Å². The fraction of sp³-hybridized carbons (Fsp3) is 0.0270. The van der Waals surface area contributed by atoms with E-state index in [1.165, 1.54) is 5.39 Å². The van der Waals surface area contributed by atoms with Crippen LogP contribution in [0.1, 0.15) is 5.56 Å². The first-order valence-corrected chi connectivity index (χ1v) is 13.5. The summed E-state index contributed by atoms with van der Waals surface area (Å²) >= 11 is 0. The van der Waals surface area contributed by atoms with Crippen LogP contribution >= 0.6 is 0 Å². The first kappa shape index (κ1) is 22.7. The zero-order valence-corrected chi connectivity index (χ0v) is 21.9. The van der Waals surface area contributed by atoms with Gasteiger partial charge in [0.1, 0.15) is 11.2 Å².